The summed E-state index contributed by atoms with van der Waals surface area (Å²) >= 11 is 0. The number of sulfone groups is 1. The summed E-state index contributed by atoms with van der Waals surface area (Å²) in [5.74, 6) is -0.155. The molecule has 174 valence electrons. The molecule has 2 aromatic heterocycles. The van der Waals surface area contributed by atoms with E-state index in [9.17, 15) is 22.0 Å². The predicted molar refractivity (Wildman–Crippen MR) is 112 cm³/mol. The standard InChI is InChI=1S/C21H26F2N4O4S/c1-20(2,3)31-19(28)27-6-5-21(11-27)8-13(9-21)16-15-12(7-14(25-16)17(22)23)10-24-18(26-15)32(4,29)30/h7,10,13,17H,5-6,8-9,11H2,1-4H3. The Hall–Kier alpha value is -2.43. The van der Waals surface area contributed by atoms with Crippen LogP contribution in [-0.4, -0.2) is 59.3 Å². The van der Waals surface area contributed by atoms with Crippen molar-refractivity contribution in [2.45, 2.75) is 63.1 Å². The number of ether oxygens (including phenoxy) is 1. The normalized spacial score (nSPS) is 23.7. The SMILES string of the molecule is CC(C)(C)OC(=O)N1CCC2(CC(c3nc(C(F)F)cc4cnc(S(C)(=O)=O)nc34)C2)C1. The lowest BCUT2D eigenvalue weighted by molar-refractivity contribution is 0.0229. The van der Waals surface area contributed by atoms with Crippen LogP contribution in [0.1, 0.15) is 63.8 Å². The van der Waals surface area contributed by atoms with Gasteiger partial charge in [0.15, 0.2) is 0 Å². The number of rotatable bonds is 3. The van der Waals surface area contributed by atoms with E-state index in [1.54, 1.807) is 4.90 Å². The maximum atomic E-state index is 13.4. The zero-order chi connectivity index (χ0) is 23.5. The van der Waals surface area contributed by atoms with E-state index < -0.39 is 21.9 Å². The first-order chi connectivity index (χ1) is 14.8. The number of alkyl halides is 2. The lowest BCUT2D eigenvalue weighted by Crippen LogP contribution is -2.41. The van der Waals surface area contributed by atoms with Crippen molar-refractivity contribution in [1.29, 1.82) is 0 Å². The first-order valence-corrected chi connectivity index (χ1v) is 12.3. The second kappa shape index (κ2) is 7.57. The Morgan fingerprint density at radius 1 is 1.28 bits per heavy atom. The highest BCUT2D eigenvalue weighted by Gasteiger charge is 2.51. The molecular formula is C21H26F2N4O4S. The van der Waals surface area contributed by atoms with Gasteiger partial charge in [-0.1, -0.05) is 0 Å². The van der Waals surface area contributed by atoms with Gasteiger partial charge in [0.05, 0.1) is 11.2 Å². The van der Waals surface area contributed by atoms with Gasteiger partial charge in [0, 0.05) is 36.8 Å². The highest BCUT2D eigenvalue weighted by atomic mass is 32.2. The van der Waals surface area contributed by atoms with Crippen molar-refractivity contribution < 1.29 is 26.7 Å². The van der Waals surface area contributed by atoms with E-state index in [4.69, 9.17) is 4.74 Å². The Morgan fingerprint density at radius 3 is 2.56 bits per heavy atom. The highest BCUT2D eigenvalue weighted by Crippen LogP contribution is 2.56. The van der Waals surface area contributed by atoms with Gasteiger partial charge in [0.1, 0.15) is 11.3 Å². The number of amides is 1. The molecule has 2 fully saturated rings. The number of likely N-dealkylation sites (tertiary alicyclic amines) is 1. The van der Waals surface area contributed by atoms with Crippen LogP contribution < -0.4 is 0 Å². The number of halogens is 2. The summed E-state index contributed by atoms with van der Waals surface area (Å²) in [6.07, 6.45) is 1.22. The number of nitrogens with zero attached hydrogens (tertiary/aromatic N) is 4. The van der Waals surface area contributed by atoms with Gasteiger partial charge in [0.25, 0.3) is 6.43 Å². The third-order valence-corrected chi connectivity index (χ3v) is 6.84. The van der Waals surface area contributed by atoms with E-state index in [1.165, 1.54) is 12.3 Å². The van der Waals surface area contributed by atoms with Crippen LogP contribution in [0.15, 0.2) is 17.4 Å². The number of carbonyl (C=O) groups is 1. The molecule has 2 aliphatic rings. The molecule has 0 unspecified atom stereocenters. The third-order valence-electron chi connectivity index (χ3n) is 5.98. The molecule has 0 aromatic carbocycles. The van der Waals surface area contributed by atoms with Crippen LogP contribution in [0.25, 0.3) is 10.9 Å². The van der Waals surface area contributed by atoms with Gasteiger partial charge in [-0.3, -0.25) is 0 Å². The van der Waals surface area contributed by atoms with Crippen LogP contribution in [0, 0.1) is 5.41 Å². The lowest BCUT2D eigenvalue weighted by Gasteiger charge is -2.45. The average Bonchev–Trinajstić information content (AvgIpc) is 3.09. The fourth-order valence-corrected chi connectivity index (χ4v) is 5.08. The molecule has 0 radical (unpaired) electrons. The second-order valence-corrected chi connectivity index (χ2v) is 11.8. The smallest absolute Gasteiger partial charge is 0.410 e. The van der Waals surface area contributed by atoms with Crippen LogP contribution in [0.4, 0.5) is 13.6 Å². The topological polar surface area (TPSA) is 102 Å². The zero-order valence-corrected chi connectivity index (χ0v) is 19.2. The van der Waals surface area contributed by atoms with Crippen LogP contribution in [0.3, 0.4) is 0 Å². The molecule has 8 nitrogen and oxygen atoms in total. The van der Waals surface area contributed by atoms with Crippen molar-refractivity contribution in [3.05, 3.63) is 23.7 Å². The molecule has 32 heavy (non-hydrogen) atoms. The quantitative estimate of drug-likeness (QED) is 0.630. The van der Waals surface area contributed by atoms with Crippen LogP contribution >= 0.6 is 0 Å². The van der Waals surface area contributed by atoms with Gasteiger partial charge in [0.2, 0.25) is 15.0 Å². The van der Waals surface area contributed by atoms with Gasteiger partial charge < -0.3 is 9.64 Å². The van der Waals surface area contributed by atoms with Gasteiger partial charge >= 0.3 is 6.09 Å². The maximum absolute atomic E-state index is 13.4. The molecule has 0 N–H and O–H groups in total. The first-order valence-electron chi connectivity index (χ1n) is 10.4. The van der Waals surface area contributed by atoms with E-state index >= 15 is 0 Å². The number of pyridine rings is 1. The van der Waals surface area contributed by atoms with Crippen molar-refractivity contribution in [1.82, 2.24) is 19.9 Å². The fourth-order valence-electron chi connectivity index (χ4n) is 4.57. The zero-order valence-electron chi connectivity index (χ0n) is 18.4. The van der Waals surface area contributed by atoms with Gasteiger partial charge in [-0.05, 0) is 51.5 Å². The van der Waals surface area contributed by atoms with Gasteiger partial charge in [-0.15, -0.1) is 0 Å². The fraction of sp³-hybridized carbons (Fsp3) is 0.619. The molecular weight excluding hydrogens is 442 g/mol. The molecule has 1 saturated heterocycles. The van der Waals surface area contributed by atoms with E-state index in [2.05, 4.69) is 15.0 Å². The predicted octanol–water partition coefficient (Wildman–Crippen LogP) is 3.87. The minimum absolute atomic E-state index is 0.122. The monoisotopic (exact) mass is 468 g/mol. The molecule has 3 heterocycles. The minimum atomic E-state index is -3.66. The Balaban J connectivity index is 1.60. The number of aromatic nitrogens is 3. The minimum Gasteiger partial charge on any atom is -0.444 e. The largest absolute Gasteiger partial charge is 0.444 e. The number of hydrogen-bond acceptors (Lipinski definition) is 7. The van der Waals surface area contributed by atoms with Crippen molar-refractivity contribution >= 4 is 26.8 Å². The van der Waals surface area contributed by atoms with Gasteiger partial charge in [-0.2, -0.15) is 0 Å². The van der Waals surface area contributed by atoms with Crippen molar-refractivity contribution in [2.24, 2.45) is 5.41 Å². The molecule has 2 aromatic rings. The summed E-state index contributed by atoms with van der Waals surface area (Å²) in [5, 5.41) is -0.0238. The molecule has 0 bridgehead atoms. The average molecular weight is 469 g/mol. The van der Waals surface area contributed by atoms with E-state index in [1.807, 2.05) is 20.8 Å². The van der Waals surface area contributed by atoms with Crippen molar-refractivity contribution in [2.75, 3.05) is 19.3 Å². The summed E-state index contributed by atoms with van der Waals surface area (Å²) in [4.78, 5) is 26.2. The molecule has 4 rings (SSSR count). The van der Waals surface area contributed by atoms with E-state index in [0.29, 0.717) is 37.0 Å². The Morgan fingerprint density at radius 2 is 1.97 bits per heavy atom. The van der Waals surface area contributed by atoms with Crippen molar-refractivity contribution in [3.63, 3.8) is 0 Å². The Kier molecular flexibility index (Phi) is 5.38. The molecule has 1 saturated carbocycles. The van der Waals surface area contributed by atoms with Crippen LogP contribution in [0.2, 0.25) is 0 Å². The summed E-state index contributed by atoms with van der Waals surface area (Å²) in [6, 6.07) is 1.20. The highest BCUT2D eigenvalue weighted by molar-refractivity contribution is 7.90. The first kappa shape index (κ1) is 22.8. The van der Waals surface area contributed by atoms with Crippen LogP contribution in [0.5, 0.6) is 0 Å². The van der Waals surface area contributed by atoms with E-state index in [-0.39, 0.29) is 33.8 Å². The number of carbonyl (C=O) groups excluding carboxylic acids is 1. The summed E-state index contributed by atoms with van der Waals surface area (Å²) in [6.45, 7) is 6.56. The summed E-state index contributed by atoms with van der Waals surface area (Å²) in [5.41, 5.74) is -0.433. The number of fused-ring (bicyclic) bond motifs is 1. The van der Waals surface area contributed by atoms with Crippen LogP contribution in [-0.2, 0) is 14.6 Å². The molecule has 1 aliphatic carbocycles. The third kappa shape index (κ3) is 4.39. The van der Waals surface area contributed by atoms with E-state index in [0.717, 1.165) is 12.7 Å². The van der Waals surface area contributed by atoms with Gasteiger partial charge in [-0.25, -0.2) is 36.9 Å². The Labute approximate surface area is 185 Å². The van der Waals surface area contributed by atoms with Crippen molar-refractivity contribution in [3.8, 4) is 0 Å². The molecule has 1 aliphatic heterocycles. The lowest BCUT2D eigenvalue weighted by atomic mass is 9.60. The molecule has 1 spiro atoms. The maximum Gasteiger partial charge on any atom is 0.410 e. The summed E-state index contributed by atoms with van der Waals surface area (Å²) in [7, 11) is -3.66. The Bertz CT molecular complexity index is 1170. The molecule has 1 amide bonds. The summed E-state index contributed by atoms with van der Waals surface area (Å²) < 4.78 is 56.1. The second-order valence-electron chi connectivity index (χ2n) is 9.85. The molecule has 11 heteroatoms. The number of hydrogen-bond donors (Lipinski definition) is 0. The molecule has 0 atom stereocenters.